The number of phenols is 1. The van der Waals surface area contributed by atoms with Crippen molar-refractivity contribution >= 4 is 10.9 Å². The van der Waals surface area contributed by atoms with E-state index in [1.54, 1.807) is 12.1 Å². The van der Waals surface area contributed by atoms with E-state index in [0.717, 1.165) is 17.7 Å². The van der Waals surface area contributed by atoms with Gasteiger partial charge < -0.3 is 15.4 Å². The van der Waals surface area contributed by atoms with E-state index in [1.807, 2.05) is 0 Å². The highest BCUT2D eigenvalue weighted by molar-refractivity contribution is 5.83. The summed E-state index contributed by atoms with van der Waals surface area (Å²) in [5.41, 5.74) is -0.489. The van der Waals surface area contributed by atoms with Crippen LogP contribution in [0.1, 0.15) is 0 Å². The van der Waals surface area contributed by atoms with Crippen molar-refractivity contribution in [3.8, 4) is 5.75 Å². The number of aromatic nitrogens is 2. The van der Waals surface area contributed by atoms with Crippen LogP contribution in [0.3, 0.4) is 0 Å². The number of hydrogen-bond donors (Lipinski definition) is 3. The highest BCUT2D eigenvalue weighted by Crippen LogP contribution is 2.17. The molecule has 1 aromatic heterocycles. The minimum atomic E-state index is -0.432. The van der Waals surface area contributed by atoms with Crippen molar-refractivity contribution in [2.75, 3.05) is 13.1 Å². The van der Waals surface area contributed by atoms with Gasteiger partial charge in [0.05, 0.1) is 5.52 Å². The van der Waals surface area contributed by atoms with Gasteiger partial charge in [0.2, 0.25) is 0 Å². The fourth-order valence-corrected chi connectivity index (χ4v) is 2.18. The molecule has 6 heteroatoms. The molecule has 0 saturated carbocycles. The molecule has 94 valence electrons. The molecule has 0 aliphatic carbocycles. The zero-order valence-electron chi connectivity index (χ0n) is 9.64. The lowest BCUT2D eigenvalue weighted by molar-refractivity contribution is 0.299. The third kappa shape index (κ3) is 1.62. The Bertz CT molecular complexity index is 713. The largest absolute Gasteiger partial charge is 0.507 e. The van der Waals surface area contributed by atoms with Crippen molar-refractivity contribution in [2.45, 2.75) is 6.54 Å². The van der Waals surface area contributed by atoms with Crippen molar-refractivity contribution in [1.29, 1.82) is 0 Å². The number of nitrogens with zero attached hydrogens (tertiary/aromatic N) is 1. The van der Waals surface area contributed by atoms with Gasteiger partial charge in [-0.25, -0.2) is 4.79 Å². The minimum Gasteiger partial charge on any atom is -0.507 e. The molecule has 1 aliphatic rings. The molecule has 0 bridgehead atoms. The summed E-state index contributed by atoms with van der Waals surface area (Å²) in [6.45, 7) is 2.00. The number of aromatic amines is 1. The van der Waals surface area contributed by atoms with Crippen molar-refractivity contribution in [3.05, 3.63) is 39.0 Å². The molecule has 1 aliphatic heterocycles. The maximum absolute atomic E-state index is 12.2. The molecular weight excluding hydrogens is 234 g/mol. The van der Waals surface area contributed by atoms with Gasteiger partial charge in [-0.1, -0.05) is 6.07 Å². The Labute approximate surface area is 102 Å². The van der Waals surface area contributed by atoms with E-state index in [0.29, 0.717) is 18.0 Å². The molecule has 0 unspecified atom stereocenters. The van der Waals surface area contributed by atoms with Gasteiger partial charge in [0.25, 0.3) is 5.56 Å². The first kappa shape index (κ1) is 11.0. The number of rotatable bonds is 2. The molecule has 18 heavy (non-hydrogen) atoms. The molecule has 2 aromatic rings. The summed E-state index contributed by atoms with van der Waals surface area (Å²) >= 11 is 0. The molecular formula is C12H13N3O3. The van der Waals surface area contributed by atoms with Crippen molar-refractivity contribution in [1.82, 2.24) is 14.9 Å². The fourth-order valence-electron chi connectivity index (χ4n) is 2.18. The molecule has 2 heterocycles. The Kier molecular flexibility index (Phi) is 2.45. The van der Waals surface area contributed by atoms with Crippen molar-refractivity contribution in [2.24, 2.45) is 5.92 Å². The highest BCUT2D eigenvalue weighted by atomic mass is 16.3. The highest BCUT2D eigenvalue weighted by Gasteiger charge is 2.20. The number of benzene rings is 1. The quantitative estimate of drug-likeness (QED) is 0.675. The number of nitrogens with one attached hydrogen (secondary N) is 2. The van der Waals surface area contributed by atoms with Crippen molar-refractivity contribution < 1.29 is 5.11 Å². The van der Waals surface area contributed by atoms with E-state index < -0.39 is 11.2 Å². The van der Waals surface area contributed by atoms with Crippen LogP contribution < -0.4 is 16.6 Å². The van der Waals surface area contributed by atoms with Crippen LogP contribution in [-0.2, 0) is 6.54 Å². The van der Waals surface area contributed by atoms with E-state index >= 15 is 0 Å². The van der Waals surface area contributed by atoms with Gasteiger partial charge >= 0.3 is 5.69 Å². The summed E-state index contributed by atoms with van der Waals surface area (Å²) in [6.07, 6.45) is 0. The number of H-pyrrole nitrogens is 1. The van der Waals surface area contributed by atoms with Crippen LogP contribution >= 0.6 is 0 Å². The van der Waals surface area contributed by atoms with Gasteiger partial charge in [-0.3, -0.25) is 9.36 Å². The molecule has 1 saturated heterocycles. The van der Waals surface area contributed by atoms with Gasteiger partial charge in [-0.05, 0) is 12.1 Å². The van der Waals surface area contributed by atoms with Crippen LogP contribution in [-0.4, -0.2) is 27.7 Å². The Morgan fingerprint density at radius 2 is 2.11 bits per heavy atom. The molecule has 0 radical (unpaired) electrons. The second-order valence-corrected chi connectivity index (χ2v) is 4.57. The lowest BCUT2D eigenvalue weighted by Crippen LogP contribution is -2.48. The fraction of sp³-hybridized carbons (Fsp3) is 0.333. The number of hydrogen-bond acceptors (Lipinski definition) is 4. The zero-order valence-corrected chi connectivity index (χ0v) is 9.64. The lowest BCUT2D eigenvalue weighted by Gasteiger charge is -2.27. The summed E-state index contributed by atoms with van der Waals surface area (Å²) in [7, 11) is 0. The molecule has 1 aromatic carbocycles. The number of aromatic hydroxyl groups is 1. The standard InChI is InChI=1S/C12H13N3O3/c16-9-3-1-2-8-10(9)11(17)15(12(18)14-8)6-7-4-13-5-7/h1-3,7,13,16H,4-6H2,(H,14,18). The minimum absolute atomic E-state index is 0.103. The average molecular weight is 247 g/mol. The zero-order chi connectivity index (χ0) is 12.7. The molecule has 3 rings (SSSR count). The number of phenolic OH excluding ortho intramolecular Hbond substituents is 1. The van der Waals surface area contributed by atoms with E-state index in [-0.39, 0.29) is 11.1 Å². The Balaban J connectivity index is 2.22. The van der Waals surface area contributed by atoms with Gasteiger partial charge in [0.15, 0.2) is 0 Å². The first-order valence-electron chi connectivity index (χ1n) is 5.82. The van der Waals surface area contributed by atoms with E-state index in [4.69, 9.17) is 0 Å². The molecule has 0 spiro atoms. The van der Waals surface area contributed by atoms with Gasteiger partial charge in [0.1, 0.15) is 11.1 Å². The third-order valence-electron chi connectivity index (χ3n) is 3.30. The van der Waals surface area contributed by atoms with Gasteiger partial charge in [0, 0.05) is 25.6 Å². The van der Waals surface area contributed by atoms with E-state index in [9.17, 15) is 14.7 Å². The summed E-state index contributed by atoms with van der Waals surface area (Å²) in [5.74, 6) is 0.196. The Hall–Kier alpha value is -2.08. The van der Waals surface area contributed by atoms with E-state index in [1.165, 1.54) is 6.07 Å². The van der Waals surface area contributed by atoms with Crippen LogP contribution in [0.2, 0.25) is 0 Å². The lowest BCUT2D eigenvalue weighted by atomic mass is 10.0. The summed E-state index contributed by atoms with van der Waals surface area (Å²) in [6, 6.07) is 4.64. The summed E-state index contributed by atoms with van der Waals surface area (Å²) in [5, 5.41) is 13.0. The predicted octanol–water partition coefficient (Wildman–Crippen LogP) is -0.385. The van der Waals surface area contributed by atoms with Crippen LogP contribution in [0, 0.1) is 5.92 Å². The first-order chi connectivity index (χ1) is 8.66. The predicted molar refractivity (Wildman–Crippen MR) is 66.9 cm³/mol. The topological polar surface area (TPSA) is 87.1 Å². The maximum Gasteiger partial charge on any atom is 0.328 e. The smallest absolute Gasteiger partial charge is 0.328 e. The second-order valence-electron chi connectivity index (χ2n) is 4.57. The third-order valence-corrected chi connectivity index (χ3v) is 3.30. The Morgan fingerprint density at radius 3 is 2.78 bits per heavy atom. The molecule has 3 N–H and O–H groups in total. The summed E-state index contributed by atoms with van der Waals surface area (Å²) in [4.78, 5) is 26.7. The van der Waals surface area contributed by atoms with Gasteiger partial charge in [-0.2, -0.15) is 0 Å². The average Bonchev–Trinajstić information content (AvgIpc) is 2.26. The molecule has 0 atom stereocenters. The van der Waals surface area contributed by atoms with E-state index in [2.05, 4.69) is 10.3 Å². The van der Waals surface area contributed by atoms with Crippen LogP contribution in [0.15, 0.2) is 27.8 Å². The van der Waals surface area contributed by atoms with Crippen LogP contribution in [0.25, 0.3) is 10.9 Å². The molecule has 0 amide bonds. The van der Waals surface area contributed by atoms with Crippen LogP contribution in [0.5, 0.6) is 5.75 Å². The van der Waals surface area contributed by atoms with Crippen LogP contribution in [0.4, 0.5) is 0 Å². The number of fused-ring (bicyclic) bond motifs is 1. The SMILES string of the molecule is O=c1[nH]c2cccc(O)c2c(=O)n1CC1CNC1. The normalized spacial score (nSPS) is 15.8. The molecule has 1 fully saturated rings. The summed E-state index contributed by atoms with van der Waals surface area (Å²) < 4.78 is 1.16. The van der Waals surface area contributed by atoms with Gasteiger partial charge in [-0.15, -0.1) is 0 Å². The second kappa shape index (κ2) is 3.99. The first-order valence-corrected chi connectivity index (χ1v) is 5.82. The van der Waals surface area contributed by atoms with Crippen molar-refractivity contribution in [3.63, 3.8) is 0 Å². The monoisotopic (exact) mass is 247 g/mol. The maximum atomic E-state index is 12.2. The molecule has 6 nitrogen and oxygen atoms in total. The Morgan fingerprint density at radius 1 is 1.33 bits per heavy atom.